The average Bonchev–Trinajstić information content (AvgIpc) is 2.81. The maximum atomic E-state index is 11.8. The summed E-state index contributed by atoms with van der Waals surface area (Å²) in [5.41, 5.74) is 0.716. The van der Waals surface area contributed by atoms with Crippen molar-refractivity contribution in [3.05, 3.63) is 24.0 Å². The zero-order chi connectivity index (χ0) is 12.5. The molecule has 0 saturated heterocycles. The Balaban J connectivity index is 2.21. The van der Waals surface area contributed by atoms with Crippen LogP contribution < -0.4 is 5.32 Å². The number of nitrogens with one attached hydrogen (secondary N) is 1. The summed E-state index contributed by atoms with van der Waals surface area (Å²) in [6.07, 6.45) is 2.72. The summed E-state index contributed by atoms with van der Waals surface area (Å²) in [6, 6.07) is 3.71. The van der Waals surface area contributed by atoms with Gasteiger partial charge in [-0.2, -0.15) is 11.8 Å². The Morgan fingerprint density at radius 1 is 1.53 bits per heavy atom. The molecule has 0 aliphatic rings. The molecule has 0 unspecified atom stereocenters. The number of carbonyl (C=O) groups excluding carboxylic acids is 1. The monoisotopic (exact) mass is 256 g/mol. The van der Waals surface area contributed by atoms with Gasteiger partial charge in [-0.1, -0.05) is 0 Å². The zero-order valence-corrected chi connectivity index (χ0v) is 11.0. The lowest BCUT2D eigenvalue weighted by Gasteiger charge is -2.07. The maximum Gasteiger partial charge on any atom is 0.267 e. The van der Waals surface area contributed by atoms with Crippen molar-refractivity contribution in [3.63, 3.8) is 0 Å². The molecule has 1 aromatic heterocycles. The van der Waals surface area contributed by atoms with E-state index in [1.54, 1.807) is 11.8 Å². The van der Waals surface area contributed by atoms with Crippen LogP contribution in [0.1, 0.15) is 23.8 Å². The van der Waals surface area contributed by atoms with Crippen LogP contribution in [0.2, 0.25) is 0 Å². The predicted molar refractivity (Wildman–Crippen MR) is 71.5 cm³/mol. The van der Waals surface area contributed by atoms with Crippen molar-refractivity contribution in [2.75, 3.05) is 24.7 Å². The first-order chi connectivity index (χ1) is 8.29. The third-order valence-electron chi connectivity index (χ3n) is 2.38. The van der Waals surface area contributed by atoms with Crippen molar-refractivity contribution in [2.24, 2.45) is 0 Å². The standard InChI is InChI=1S/C12H20N2O2S/c1-2-14-7-3-5-11(14)12(16)13-6-10-17-9-4-8-15/h3,5,7,15H,2,4,6,8-10H2,1H3,(H,13,16). The highest BCUT2D eigenvalue weighted by atomic mass is 32.2. The van der Waals surface area contributed by atoms with Gasteiger partial charge in [0.25, 0.3) is 5.91 Å². The van der Waals surface area contributed by atoms with E-state index in [0.29, 0.717) is 12.2 Å². The van der Waals surface area contributed by atoms with Gasteiger partial charge in [0.05, 0.1) is 0 Å². The van der Waals surface area contributed by atoms with Gasteiger partial charge in [0, 0.05) is 31.6 Å². The lowest BCUT2D eigenvalue weighted by molar-refractivity contribution is 0.0947. The SMILES string of the molecule is CCn1cccc1C(=O)NCCSCCCO. The summed E-state index contributed by atoms with van der Waals surface area (Å²) in [5, 5.41) is 11.5. The average molecular weight is 256 g/mol. The van der Waals surface area contributed by atoms with E-state index in [0.717, 1.165) is 24.5 Å². The minimum Gasteiger partial charge on any atom is -0.396 e. The van der Waals surface area contributed by atoms with E-state index in [1.807, 2.05) is 29.8 Å². The van der Waals surface area contributed by atoms with Gasteiger partial charge in [0.15, 0.2) is 0 Å². The Morgan fingerprint density at radius 2 is 2.35 bits per heavy atom. The van der Waals surface area contributed by atoms with E-state index in [1.165, 1.54) is 0 Å². The highest BCUT2D eigenvalue weighted by Crippen LogP contribution is 2.03. The fourth-order valence-electron chi connectivity index (χ4n) is 1.49. The number of aliphatic hydroxyl groups excluding tert-OH is 1. The fourth-order valence-corrected chi connectivity index (χ4v) is 2.28. The zero-order valence-electron chi connectivity index (χ0n) is 10.2. The molecule has 1 aromatic rings. The molecular formula is C12H20N2O2S. The molecule has 0 aliphatic heterocycles. The largest absolute Gasteiger partial charge is 0.396 e. The van der Waals surface area contributed by atoms with Crippen molar-refractivity contribution >= 4 is 17.7 Å². The number of hydrogen-bond acceptors (Lipinski definition) is 3. The summed E-state index contributed by atoms with van der Waals surface area (Å²) in [7, 11) is 0. The van der Waals surface area contributed by atoms with Gasteiger partial charge in [-0.25, -0.2) is 0 Å². The van der Waals surface area contributed by atoms with Gasteiger partial charge in [-0.15, -0.1) is 0 Å². The van der Waals surface area contributed by atoms with Crippen LogP contribution in [0, 0.1) is 0 Å². The van der Waals surface area contributed by atoms with Crippen LogP contribution in [-0.4, -0.2) is 40.2 Å². The first-order valence-electron chi connectivity index (χ1n) is 5.91. The molecule has 1 rings (SSSR count). The Bertz CT molecular complexity index is 339. The summed E-state index contributed by atoms with van der Waals surface area (Å²) >= 11 is 1.75. The second-order valence-corrected chi connectivity index (χ2v) is 4.85. The lowest BCUT2D eigenvalue weighted by atomic mass is 10.4. The molecule has 0 aliphatic carbocycles. The molecule has 0 aromatic carbocycles. The minimum absolute atomic E-state index is 0.0143. The molecule has 0 radical (unpaired) electrons. The van der Waals surface area contributed by atoms with Gasteiger partial charge in [-0.3, -0.25) is 4.79 Å². The lowest BCUT2D eigenvalue weighted by Crippen LogP contribution is -2.27. The van der Waals surface area contributed by atoms with Crippen LogP contribution in [-0.2, 0) is 6.54 Å². The number of aromatic nitrogens is 1. The van der Waals surface area contributed by atoms with Crippen molar-refractivity contribution in [2.45, 2.75) is 19.9 Å². The van der Waals surface area contributed by atoms with E-state index >= 15 is 0 Å². The highest BCUT2D eigenvalue weighted by molar-refractivity contribution is 7.99. The summed E-state index contributed by atoms with van der Waals surface area (Å²) in [5.74, 6) is 1.82. The van der Waals surface area contributed by atoms with Crippen molar-refractivity contribution < 1.29 is 9.90 Å². The summed E-state index contributed by atoms with van der Waals surface area (Å²) in [4.78, 5) is 11.8. The van der Waals surface area contributed by atoms with E-state index < -0.39 is 0 Å². The second-order valence-electron chi connectivity index (χ2n) is 3.62. The first kappa shape index (κ1) is 14.1. The second kappa shape index (κ2) is 8.20. The number of hydrogen-bond donors (Lipinski definition) is 2. The van der Waals surface area contributed by atoms with Crippen LogP contribution in [0.4, 0.5) is 0 Å². The van der Waals surface area contributed by atoms with E-state index in [2.05, 4.69) is 5.32 Å². The van der Waals surface area contributed by atoms with Crippen LogP contribution in [0.25, 0.3) is 0 Å². The molecule has 4 nitrogen and oxygen atoms in total. The van der Waals surface area contributed by atoms with Gasteiger partial charge in [0.1, 0.15) is 5.69 Å². The third kappa shape index (κ3) is 4.83. The molecule has 96 valence electrons. The topological polar surface area (TPSA) is 54.3 Å². The molecule has 1 heterocycles. The Morgan fingerprint density at radius 3 is 3.06 bits per heavy atom. The van der Waals surface area contributed by atoms with Gasteiger partial charge >= 0.3 is 0 Å². The molecule has 0 spiro atoms. The molecular weight excluding hydrogens is 236 g/mol. The molecule has 0 fully saturated rings. The maximum absolute atomic E-state index is 11.8. The Kier molecular flexibility index (Phi) is 6.81. The highest BCUT2D eigenvalue weighted by Gasteiger charge is 2.08. The molecule has 5 heteroatoms. The quantitative estimate of drug-likeness (QED) is 0.690. The number of aryl methyl sites for hydroxylation is 1. The smallest absolute Gasteiger partial charge is 0.267 e. The van der Waals surface area contributed by atoms with Crippen molar-refractivity contribution in [1.29, 1.82) is 0 Å². The number of aliphatic hydroxyl groups is 1. The van der Waals surface area contributed by atoms with Crippen molar-refractivity contribution in [1.82, 2.24) is 9.88 Å². The van der Waals surface area contributed by atoms with Crippen LogP contribution in [0.5, 0.6) is 0 Å². The fraction of sp³-hybridized carbons (Fsp3) is 0.583. The van der Waals surface area contributed by atoms with E-state index in [4.69, 9.17) is 5.11 Å². The Hall–Kier alpha value is -0.940. The van der Waals surface area contributed by atoms with Gasteiger partial charge < -0.3 is 15.0 Å². The number of carbonyl (C=O) groups is 1. The number of rotatable bonds is 8. The number of thioether (sulfide) groups is 1. The molecule has 0 saturated carbocycles. The van der Waals surface area contributed by atoms with Gasteiger partial charge in [0.2, 0.25) is 0 Å². The van der Waals surface area contributed by atoms with E-state index in [-0.39, 0.29) is 12.5 Å². The van der Waals surface area contributed by atoms with Gasteiger partial charge in [-0.05, 0) is 31.2 Å². The van der Waals surface area contributed by atoms with Crippen LogP contribution in [0.3, 0.4) is 0 Å². The molecule has 1 amide bonds. The third-order valence-corrected chi connectivity index (χ3v) is 3.45. The normalized spacial score (nSPS) is 10.5. The minimum atomic E-state index is -0.0143. The van der Waals surface area contributed by atoms with Crippen molar-refractivity contribution in [3.8, 4) is 0 Å². The first-order valence-corrected chi connectivity index (χ1v) is 7.07. The van der Waals surface area contributed by atoms with E-state index in [9.17, 15) is 4.79 Å². The predicted octanol–water partition coefficient (Wildman–Crippen LogP) is 1.35. The molecule has 0 bridgehead atoms. The molecule has 0 atom stereocenters. The number of nitrogens with zero attached hydrogens (tertiary/aromatic N) is 1. The van der Waals surface area contributed by atoms with Crippen LogP contribution >= 0.6 is 11.8 Å². The molecule has 2 N–H and O–H groups in total. The summed E-state index contributed by atoms with van der Waals surface area (Å²) < 4.78 is 1.92. The Labute approximate surface area is 106 Å². The summed E-state index contributed by atoms with van der Waals surface area (Å²) in [6.45, 7) is 3.73. The molecule has 17 heavy (non-hydrogen) atoms. The number of amides is 1. The van der Waals surface area contributed by atoms with Crippen LogP contribution in [0.15, 0.2) is 18.3 Å².